The minimum atomic E-state index is -0.189. The summed E-state index contributed by atoms with van der Waals surface area (Å²) in [5, 5.41) is 12.7. The number of carbonyl (C=O) groups is 1. The highest BCUT2D eigenvalue weighted by Gasteiger charge is 2.16. The van der Waals surface area contributed by atoms with Crippen LogP contribution in [-0.4, -0.2) is 16.0 Å². The Morgan fingerprint density at radius 3 is 2.68 bits per heavy atom. The zero-order valence-corrected chi connectivity index (χ0v) is 11.2. The fourth-order valence-corrected chi connectivity index (χ4v) is 3.23. The van der Waals surface area contributed by atoms with E-state index in [1.54, 1.807) is 23.5 Å². The van der Waals surface area contributed by atoms with Crippen LogP contribution in [0.2, 0.25) is 0 Å². The SMILES string of the molecule is O=C(Nc1nc2c(s1)CCCC2)c1ccc(O)cc1. The zero-order valence-electron chi connectivity index (χ0n) is 10.3. The molecule has 0 bridgehead atoms. The number of aromatic hydroxyl groups is 1. The number of aromatic nitrogens is 1. The van der Waals surface area contributed by atoms with E-state index >= 15 is 0 Å². The van der Waals surface area contributed by atoms with Gasteiger partial charge in [0.15, 0.2) is 5.13 Å². The molecule has 3 rings (SSSR count). The van der Waals surface area contributed by atoms with Gasteiger partial charge in [-0.05, 0) is 49.9 Å². The van der Waals surface area contributed by atoms with Gasteiger partial charge >= 0.3 is 0 Å². The van der Waals surface area contributed by atoms with E-state index in [4.69, 9.17) is 0 Å². The number of benzene rings is 1. The van der Waals surface area contributed by atoms with Crippen LogP contribution < -0.4 is 5.32 Å². The summed E-state index contributed by atoms with van der Waals surface area (Å²) in [5.41, 5.74) is 1.66. The highest BCUT2D eigenvalue weighted by molar-refractivity contribution is 7.15. The summed E-state index contributed by atoms with van der Waals surface area (Å²) < 4.78 is 0. The fourth-order valence-electron chi connectivity index (χ4n) is 2.19. The van der Waals surface area contributed by atoms with Crippen molar-refractivity contribution >= 4 is 22.4 Å². The van der Waals surface area contributed by atoms with Gasteiger partial charge in [0.2, 0.25) is 0 Å². The van der Waals surface area contributed by atoms with Gasteiger partial charge in [-0.1, -0.05) is 0 Å². The molecule has 0 spiro atoms. The Morgan fingerprint density at radius 2 is 1.95 bits per heavy atom. The third kappa shape index (κ3) is 2.61. The molecule has 2 N–H and O–H groups in total. The molecular weight excluding hydrogens is 260 g/mol. The number of phenols is 1. The molecule has 5 heteroatoms. The Kier molecular flexibility index (Phi) is 3.21. The van der Waals surface area contributed by atoms with Gasteiger partial charge in [-0.25, -0.2) is 4.98 Å². The number of thiazole rings is 1. The molecule has 0 fully saturated rings. The first-order chi connectivity index (χ1) is 9.22. The lowest BCUT2D eigenvalue weighted by Gasteiger charge is -2.06. The average Bonchev–Trinajstić information content (AvgIpc) is 2.81. The van der Waals surface area contributed by atoms with Crippen LogP contribution in [0.4, 0.5) is 5.13 Å². The van der Waals surface area contributed by atoms with Gasteiger partial charge < -0.3 is 5.11 Å². The summed E-state index contributed by atoms with van der Waals surface area (Å²) in [6.07, 6.45) is 4.48. The van der Waals surface area contributed by atoms with E-state index in [9.17, 15) is 9.90 Å². The van der Waals surface area contributed by atoms with Crippen molar-refractivity contribution in [3.8, 4) is 5.75 Å². The summed E-state index contributed by atoms with van der Waals surface area (Å²) in [7, 11) is 0. The molecule has 0 saturated heterocycles. The largest absolute Gasteiger partial charge is 0.508 e. The molecule has 0 radical (unpaired) electrons. The summed E-state index contributed by atoms with van der Waals surface area (Å²) >= 11 is 1.57. The first kappa shape index (κ1) is 12.2. The van der Waals surface area contributed by atoms with E-state index in [1.165, 1.54) is 29.9 Å². The van der Waals surface area contributed by atoms with Crippen molar-refractivity contribution in [1.29, 1.82) is 0 Å². The van der Waals surface area contributed by atoms with Crippen molar-refractivity contribution in [1.82, 2.24) is 4.98 Å². The lowest BCUT2D eigenvalue weighted by atomic mass is 10.0. The molecule has 0 atom stereocenters. The molecule has 0 aliphatic heterocycles. The number of anilines is 1. The number of amides is 1. The van der Waals surface area contributed by atoms with Crippen molar-refractivity contribution in [3.05, 3.63) is 40.4 Å². The number of rotatable bonds is 2. The number of aryl methyl sites for hydroxylation is 2. The van der Waals surface area contributed by atoms with Gasteiger partial charge in [0.05, 0.1) is 5.69 Å². The second kappa shape index (κ2) is 5.01. The van der Waals surface area contributed by atoms with E-state index in [0.29, 0.717) is 10.7 Å². The van der Waals surface area contributed by atoms with Crippen LogP contribution >= 0.6 is 11.3 Å². The maximum Gasteiger partial charge on any atom is 0.257 e. The molecule has 0 unspecified atom stereocenters. The number of fused-ring (bicyclic) bond motifs is 1. The summed E-state index contributed by atoms with van der Waals surface area (Å²) in [6, 6.07) is 6.19. The van der Waals surface area contributed by atoms with E-state index in [2.05, 4.69) is 10.3 Å². The third-order valence-corrected chi connectivity index (χ3v) is 4.27. The van der Waals surface area contributed by atoms with E-state index < -0.39 is 0 Å². The lowest BCUT2D eigenvalue weighted by Crippen LogP contribution is -2.11. The molecule has 19 heavy (non-hydrogen) atoms. The monoisotopic (exact) mass is 274 g/mol. The molecule has 1 aliphatic rings. The first-order valence-electron chi connectivity index (χ1n) is 6.31. The normalized spacial score (nSPS) is 13.9. The quantitative estimate of drug-likeness (QED) is 0.885. The smallest absolute Gasteiger partial charge is 0.257 e. The van der Waals surface area contributed by atoms with Gasteiger partial charge in [-0.2, -0.15) is 0 Å². The molecule has 1 amide bonds. The van der Waals surface area contributed by atoms with Crippen LogP contribution in [0.5, 0.6) is 5.75 Å². The molecule has 1 aromatic carbocycles. The molecule has 1 aliphatic carbocycles. The predicted molar refractivity (Wildman–Crippen MR) is 74.8 cm³/mol. The Hall–Kier alpha value is -1.88. The molecule has 0 saturated carbocycles. The Labute approximate surface area is 115 Å². The number of hydrogen-bond acceptors (Lipinski definition) is 4. The van der Waals surface area contributed by atoms with Crippen LogP contribution in [0.3, 0.4) is 0 Å². The topological polar surface area (TPSA) is 62.2 Å². The number of nitrogens with one attached hydrogen (secondary N) is 1. The van der Waals surface area contributed by atoms with Crippen molar-refractivity contribution in [2.75, 3.05) is 5.32 Å². The molecular formula is C14H14N2O2S. The Morgan fingerprint density at radius 1 is 1.21 bits per heavy atom. The summed E-state index contributed by atoms with van der Waals surface area (Å²) in [4.78, 5) is 17.8. The summed E-state index contributed by atoms with van der Waals surface area (Å²) in [6.45, 7) is 0. The van der Waals surface area contributed by atoms with E-state index in [-0.39, 0.29) is 11.7 Å². The number of carbonyl (C=O) groups excluding carboxylic acids is 1. The molecule has 2 aromatic rings. The van der Waals surface area contributed by atoms with E-state index in [1.807, 2.05) is 0 Å². The summed E-state index contributed by atoms with van der Waals surface area (Å²) in [5.74, 6) is -0.0349. The minimum absolute atomic E-state index is 0.154. The number of phenolic OH excluding ortho intramolecular Hbond substituents is 1. The molecule has 98 valence electrons. The van der Waals surface area contributed by atoms with Crippen LogP contribution in [-0.2, 0) is 12.8 Å². The first-order valence-corrected chi connectivity index (χ1v) is 7.13. The highest BCUT2D eigenvalue weighted by Crippen LogP contribution is 2.29. The zero-order chi connectivity index (χ0) is 13.2. The van der Waals surface area contributed by atoms with E-state index in [0.717, 1.165) is 18.5 Å². The second-order valence-electron chi connectivity index (χ2n) is 4.60. The van der Waals surface area contributed by atoms with Gasteiger partial charge in [-0.15, -0.1) is 11.3 Å². The number of hydrogen-bond donors (Lipinski definition) is 2. The molecule has 1 heterocycles. The van der Waals surface area contributed by atoms with Crippen LogP contribution in [0, 0.1) is 0 Å². The molecule has 4 nitrogen and oxygen atoms in total. The van der Waals surface area contributed by atoms with Crippen molar-refractivity contribution in [2.24, 2.45) is 0 Å². The highest BCUT2D eigenvalue weighted by atomic mass is 32.1. The maximum atomic E-state index is 12.0. The lowest BCUT2D eigenvalue weighted by molar-refractivity contribution is 0.102. The van der Waals surface area contributed by atoms with Crippen molar-refractivity contribution in [3.63, 3.8) is 0 Å². The Bertz CT molecular complexity index is 581. The maximum absolute atomic E-state index is 12.0. The van der Waals surface area contributed by atoms with Crippen molar-refractivity contribution in [2.45, 2.75) is 25.7 Å². The minimum Gasteiger partial charge on any atom is -0.508 e. The van der Waals surface area contributed by atoms with Gasteiger partial charge in [-0.3, -0.25) is 10.1 Å². The van der Waals surface area contributed by atoms with Crippen LogP contribution in [0.25, 0.3) is 0 Å². The fraction of sp³-hybridized carbons (Fsp3) is 0.286. The standard InChI is InChI=1S/C14H14N2O2S/c17-10-7-5-9(6-8-10)13(18)16-14-15-11-3-1-2-4-12(11)19-14/h5-8,17H,1-4H2,(H,15,16,18). The Balaban J connectivity index is 1.75. The van der Waals surface area contributed by atoms with Gasteiger partial charge in [0.1, 0.15) is 5.75 Å². The predicted octanol–water partition coefficient (Wildman–Crippen LogP) is 2.98. The average molecular weight is 274 g/mol. The van der Waals surface area contributed by atoms with Gasteiger partial charge in [0.25, 0.3) is 5.91 Å². The van der Waals surface area contributed by atoms with Crippen LogP contribution in [0.15, 0.2) is 24.3 Å². The van der Waals surface area contributed by atoms with Gasteiger partial charge in [0, 0.05) is 10.4 Å². The van der Waals surface area contributed by atoms with Crippen LogP contribution in [0.1, 0.15) is 33.8 Å². The van der Waals surface area contributed by atoms with Crippen molar-refractivity contribution < 1.29 is 9.90 Å². The number of nitrogens with zero attached hydrogens (tertiary/aromatic N) is 1. The third-order valence-electron chi connectivity index (χ3n) is 3.20. The second-order valence-corrected chi connectivity index (χ2v) is 5.68. The molecule has 1 aromatic heterocycles.